The molecule has 0 saturated carbocycles. The van der Waals surface area contributed by atoms with Crippen LogP contribution in [0.5, 0.6) is 0 Å². The molecule has 1 aromatic heterocycles. The van der Waals surface area contributed by atoms with E-state index in [0.717, 1.165) is 42.6 Å². The van der Waals surface area contributed by atoms with Crippen molar-refractivity contribution in [1.82, 2.24) is 10.3 Å². The molecule has 6 nitrogen and oxygen atoms in total. The number of carbonyl (C=O) groups is 2. The van der Waals surface area contributed by atoms with Crippen molar-refractivity contribution < 1.29 is 23.5 Å². The second kappa shape index (κ2) is 11.1. The molecule has 0 radical (unpaired) electrons. The van der Waals surface area contributed by atoms with Gasteiger partial charge in [0.25, 0.3) is 5.91 Å². The number of hydrogen-bond acceptors (Lipinski definition) is 5. The first-order chi connectivity index (χ1) is 18.4. The minimum Gasteiger partial charge on any atom is -0.481 e. The lowest BCUT2D eigenvalue weighted by Crippen LogP contribution is -2.26. The average molecular weight is 534 g/mol. The standard InChI is InChI=1S/C29H25F2N3O3S/c30-24-11-9-22(15-25(24)31)26-17-38-29(33-26)34(23-10-8-19-2-1-3-21(19)14-23)16-18-4-6-20(7-5-18)28(37)32-13-12-27(35)36/h4-11,14-15,17H,1-3,12-13,16H2,(H,32,37)(H,35,36). The summed E-state index contributed by atoms with van der Waals surface area (Å²) >= 11 is 1.42. The molecule has 0 spiro atoms. The van der Waals surface area contributed by atoms with Crippen molar-refractivity contribution in [1.29, 1.82) is 0 Å². The summed E-state index contributed by atoms with van der Waals surface area (Å²) in [5.74, 6) is -3.12. The summed E-state index contributed by atoms with van der Waals surface area (Å²) in [6.07, 6.45) is 3.09. The molecule has 3 aromatic carbocycles. The van der Waals surface area contributed by atoms with E-state index in [1.54, 1.807) is 12.1 Å². The van der Waals surface area contributed by atoms with Gasteiger partial charge in [0.2, 0.25) is 0 Å². The van der Waals surface area contributed by atoms with Gasteiger partial charge in [-0.3, -0.25) is 9.59 Å². The number of benzene rings is 3. The molecular weight excluding hydrogens is 508 g/mol. The molecular formula is C29H25F2N3O3S. The summed E-state index contributed by atoms with van der Waals surface area (Å²) in [6.45, 7) is 0.538. The highest BCUT2D eigenvalue weighted by Crippen LogP contribution is 2.36. The van der Waals surface area contributed by atoms with Gasteiger partial charge in [0.15, 0.2) is 16.8 Å². The van der Waals surface area contributed by atoms with Crippen molar-refractivity contribution in [3.8, 4) is 11.3 Å². The molecule has 1 aliphatic carbocycles. The number of carboxylic acids is 1. The van der Waals surface area contributed by atoms with Crippen LogP contribution >= 0.6 is 11.3 Å². The van der Waals surface area contributed by atoms with E-state index in [0.29, 0.717) is 28.5 Å². The first-order valence-electron chi connectivity index (χ1n) is 12.3. The van der Waals surface area contributed by atoms with Gasteiger partial charge in [-0.15, -0.1) is 11.3 Å². The summed E-state index contributed by atoms with van der Waals surface area (Å²) in [7, 11) is 0. The molecule has 5 rings (SSSR count). The maximum atomic E-state index is 13.8. The molecule has 0 saturated heterocycles. The van der Waals surface area contributed by atoms with Crippen molar-refractivity contribution in [2.45, 2.75) is 32.2 Å². The van der Waals surface area contributed by atoms with Crippen LogP contribution in [0, 0.1) is 11.6 Å². The SMILES string of the molecule is O=C(O)CCNC(=O)c1ccc(CN(c2ccc3c(c2)CCC3)c2nc(-c3ccc(F)c(F)c3)cs2)cc1. The summed E-state index contributed by atoms with van der Waals surface area (Å²) in [6, 6.07) is 17.3. The van der Waals surface area contributed by atoms with Crippen molar-refractivity contribution in [2.75, 3.05) is 11.4 Å². The number of nitrogens with zero attached hydrogens (tertiary/aromatic N) is 2. The number of nitrogens with one attached hydrogen (secondary N) is 1. The minimum absolute atomic E-state index is 0.0619. The zero-order chi connectivity index (χ0) is 26.6. The Morgan fingerprint density at radius 2 is 1.76 bits per heavy atom. The quantitative estimate of drug-likeness (QED) is 0.271. The number of carboxylic acid groups (broad SMARTS) is 1. The van der Waals surface area contributed by atoms with Gasteiger partial charge in [-0.1, -0.05) is 18.2 Å². The Labute approximate surface area is 222 Å². The first kappa shape index (κ1) is 25.5. The molecule has 1 aliphatic rings. The molecule has 1 amide bonds. The van der Waals surface area contributed by atoms with E-state index in [1.807, 2.05) is 17.5 Å². The molecule has 0 atom stereocenters. The molecule has 0 aliphatic heterocycles. The molecule has 0 fully saturated rings. The highest BCUT2D eigenvalue weighted by molar-refractivity contribution is 7.14. The fourth-order valence-electron chi connectivity index (χ4n) is 4.50. The highest BCUT2D eigenvalue weighted by Gasteiger charge is 2.19. The Balaban J connectivity index is 1.41. The number of anilines is 2. The van der Waals surface area contributed by atoms with Crippen molar-refractivity contribution in [3.05, 3.63) is 99.9 Å². The van der Waals surface area contributed by atoms with Crippen LogP contribution in [0.2, 0.25) is 0 Å². The van der Waals surface area contributed by atoms with Crippen LogP contribution in [0.1, 0.15) is 39.9 Å². The lowest BCUT2D eigenvalue weighted by molar-refractivity contribution is -0.136. The van der Waals surface area contributed by atoms with Gasteiger partial charge < -0.3 is 15.3 Å². The molecule has 4 aromatic rings. The number of aliphatic carboxylic acids is 1. The van der Waals surface area contributed by atoms with E-state index in [1.165, 1.54) is 28.5 Å². The largest absolute Gasteiger partial charge is 0.481 e. The molecule has 2 N–H and O–H groups in total. The number of halogens is 2. The summed E-state index contributed by atoms with van der Waals surface area (Å²) in [4.78, 5) is 29.8. The van der Waals surface area contributed by atoms with E-state index in [-0.39, 0.29) is 18.9 Å². The maximum absolute atomic E-state index is 13.8. The fraction of sp³-hybridized carbons (Fsp3) is 0.207. The van der Waals surface area contributed by atoms with Gasteiger partial charge in [-0.2, -0.15) is 0 Å². The normalized spacial score (nSPS) is 12.3. The number of aromatic nitrogens is 1. The zero-order valence-electron chi connectivity index (χ0n) is 20.4. The molecule has 9 heteroatoms. The van der Waals surface area contributed by atoms with Gasteiger partial charge in [0.1, 0.15) is 0 Å². The number of rotatable bonds is 9. The molecule has 194 valence electrons. The van der Waals surface area contributed by atoms with Crippen LogP contribution < -0.4 is 10.2 Å². The summed E-state index contributed by atoms with van der Waals surface area (Å²) < 4.78 is 27.3. The Bertz CT molecular complexity index is 1490. The van der Waals surface area contributed by atoms with E-state index >= 15 is 0 Å². The van der Waals surface area contributed by atoms with Gasteiger partial charge in [0, 0.05) is 28.7 Å². The second-order valence-electron chi connectivity index (χ2n) is 9.13. The third kappa shape index (κ3) is 5.73. The fourth-order valence-corrected chi connectivity index (χ4v) is 5.35. The highest BCUT2D eigenvalue weighted by atomic mass is 32.1. The van der Waals surface area contributed by atoms with Gasteiger partial charge in [-0.25, -0.2) is 13.8 Å². The van der Waals surface area contributed by atoms with Crippen molar-refractivity contribution in [2.24, 2.45) is 0 Å². The van der Waals surface area contributed by atoms with E-state index < -0.39 is 17.6 Å². The monoisotopic (exact) mass is 533 g/mol. The molecule has 0 bridgehead atoms. The molecule has 38 heavy (non-hydrogen) atoms. The van der Waals surface area contributed by atoms with Crippen LogP contribution in [0.4, 0.5) is 19.6 Å². The average Bonchev–Trinajstić information content (AvgIpc) is 3.58. The zero-order valence-corrected chi connectivity index (χ0v) is 21.2. The number of hydrogen-bond donors (Lipinski definition) is 2. The lowest BCUT2D eigenvalue weighted by atomic mass is 10.1. The minimum atomic E-state index is -0.970. The van der Waals surface area contributed by atoms with Crippen LogP contribution in [0.15, 0.2) is 66.0 Å². The predicted octanol–water partition coefficient (Wildman–Crippen LogP) is 6.12. The third-order valence-electron chi connectivity index (χ3n) is 6.51. The predicted molar refractivity (Wildman–Crippen MR) is 143 cm³/mol. The Morgan fingerprint density at radius 3 is 2.53 bits per heavy atom. The Morgan fingerprint density at radius 1 is 0.974 bits per heavy atom. The number of aryl methyl sites for hydroxylation is 2. The van der Waals surface area contributed by atoms with Crippen LogP contribution in [-0.2, 0) is 24.2 Å². The molecule has 0 unspecified atom stereocenters. The summed E-state index contributed by atoms with van der Waals surface area (Å²) in [5, 5.41) is 13.9. The van der Waals surface area contributed by atoms with Gasteiger partial charge in [0.05, 0.1) is 18.7 Å². The maximum Gasteiger partial charge on any atom is 0.305 e. The summed E-state index contributed by atoms with van der Waals surface area (Å²) in [5.41, 5.74) is 6.09. The lowest BCUT2D eigenvalue weighted by Gasteiger charge is -2.23. The van der Waals surface area contributed by atoms with E-state index in [2.05, 4.69) is 28.4 Å². The Kier molecular flexibility index (Phi) is 7.46. The van der Waals surface area contributed by atoms with Gasteiger partial charge in [-0.05, 0) is 78.4 Å². The van der Waals surface area contributed by atoms with E-state index in [4.69, 9.17) is 10.1 Å². The van der Waals surface area contributed by atoms with Crippen LogP contribution in [0.25, 0.3) is 11.3 Å². The van der Waals surface area contributed by atoms with Gasteiger partial charge >= 0.3 is 5.97 Å². The number of amides is 1. The number of carbonyl (C=O) groups excluding carboxylic acids is 1. The van der Waals surface area contributed by atoms with Crippen LogP contribution in [-0.4, -0.2) is 28.5 Å². The second-order valence-corrected chi connectivity index (χ2v) is 9.97. The van der Waals surface area contributed by atoms with Crippen molar-refractivity contribution in [3.63, 3.8) is 0 Å². The number of thiazole rings is 1. The van der Waals surface area contributed by atoms with Crippen LogP contribution in [0.3, 0.4) is 0 Å². The smallest absolute Gasteiger partial charge is 0.305 e. The molecule has 1 heterocycles. The first-order valence-corrected chi connectivity index (χ1v) is 13.1. The van der Waals surface area contributed by atoms with Crippen molar-refractivity contribution >= 4 is 34.0 Å². The third-order valence-corrected chi connectivity index (χ3v) is 7.38. The topological polar surface area (TPSA) is 82.5 Å². The van der Waals surface area contributed by atoms with E-state index in [9.17, 15) is 18.4 Å². The number of fused-ring (bicyclic) bond motifs is 1. The Hall–Kier alpha value is -4.11.